The van der Waals surface area contributed by atoms with Crippen LogP contribution in [0.2, 0.25) is 0 Å². The maximum absolute atomic E-state index is 12.2. The van der Waals surface area contributed by atoms with Crippen molar-refractivity contribution in [1.29, 1.82) is 0 Å². The first-order valence-corrected chi connectivity index (χ1v) is 6.16. The van der Waals surface area contributed by atoms with Crippen LogP contribution in [0.4, 0.5) is 0 Å². The number of Topliss-reactive ketones (excluding diaryl/α,β-unsaturated/α-hetero) is 1. The molecule has 0 atom stereocenters. The zero-order valence-electron chi connectivity index (χ0n) is 9.63. The lowest BCUT2D eigenvalue weighted by atomic mass is 9.88. The highest BCUT2D eigenvalue weighted by molar-refractivity contribution is 5.88. The standard InChI is InChI=1S/C12H21NO2/c1-2-11(14)12(5-3-4-6-12)13-7-9-15-10-8-13/h2-10H2,1H3. The molecule has 0 unspecified atom stereocenters. The molecule has 1 saturated heterocycles. The molecule has 0 N–H and O–H groups in total. The average Bonchev–Trinajstić information content (AvgIpc) is 2.79. The summed E-state index contributed by atoms with van der Waals surface area (Å²) < 4.78 is 5.36. The number of rotatable bonds is 3. The van der Waals surface area contributed by atoms with Gasteiger partial charge >= 0.3 is 0 Å². The van der Waals surface area contributed by atoms with Gasteiger partial charge in [0.15, 0.2) is 5.78 Å². The van der Waals surface area contributed by atoms with Gasteiger partial charge in [-0.1, -0.05) is 19.8 Å². The van der Waals surface area contributed by atoms with E-state index in [2.05, 4.69) is 4.90 Å². The smallest absolute Gasteiger partial charge is 0.152 e. The van der Waals surface area contributed by atoms with Crippen LogP contribution in [0.3, 0.4) is 0 Å². The molecule has 0 aromatic heterocycles. The zero-order valence-corrected chi connectivity index (χ0v) is 9.63. The fourth-order valence-corrected chi connectivity index (χ4v) is 3.05. The molecule has 3 nitrogen and oxygen atoms in total. The Balaban J connectivity index is 2.13. The van der Waals surface area contributed by atoms with Crippen LogP contribution < -0.4 is 0 Å². The summed E-state index contributed by atoms with van der Waals surface area (Å²) in [6.45, 7) is 5.44. The quantitative estimate of drug-likeness (QED) is 0.710. The van der Waals surface area contributed by atoms with Gasteiger partial charge in [0.1, 0.15) is 0 Å². The third kappa shape index (κ3) is 1.95. The van der Waals surface area contributed by atoms with E-state index in [0.29, 0.717) is 12.2 Å². The Labute approximate surface area is 91.8 Å². The maximum atomic E-state index is 12.2. The Morgan fingerprint density at radius 2 is 1.87 bits per heavy atom. The van der Waals surface area contributed by atoms with E-state index < -0.39 is 0 Å². The minimum Gasteiger partial charge on any atom is -0.379 e. The van der Waals surface area contributed by atoms with Gasteiger partial charge in [0, 0.05) is 19.5 Å². The molecular weight excluding hydrogens is 190 g/mol. The van der Waals surface area contributed by atoms with Gasteiger partial charge in [0.05, 0.1) is 18.8 Å². The van der Waals surface area contributed by atoms with Crippen molar-refractivity contribution < 1.29 is 9.53 Å². The number of ether oxygens (including phenoxy) is 1. The molecule has 0 radical (unpaired) electrons. The first kappa shape index (κ1) is 11.1. The van der Waals surface area contributed by atoms with Crippen LogP contribution in [-0.4, -0.2) is 42.5 Å². The topological polar surface area (TPSA) is 29.5 Å². The normalized spacial score (nSPS) is 26.7. The van der Waals surface area contributed by atoms with Crippen LogP contribution in [0.5, 0.6) is 0 Å². The summed E-state index contributed by atoms with van der Waals surface area (Å²) in [5, 5.41) is 0. The number of morpholine rings is 1. The average molecular weight is 211 g/mol. The van der Waals surface area contributed by atoms with Crippen molar-refractivity contribution in [3.8, 4) is 0 Å². The second-order valence-electron chi connectivity index (χ2n) is 4.61. The summed E-state index contributed by atoms with van der Waals surface area (Å²) in [5.74, 6) is 0.446. The fourth-order valence-electron chi connectivity index (χ4n) is 3.05. The first-order valence-electron chi connectivity index (χ1n) is 6.16. The Bertz CT molecular complexity index is 228. The second-order valence-corrected chi connectivity index (χ2v) is 4.61. The molecule has 1 saturated carbocycles. The van der Waals surface area contributed by atoms with E-state index in [-0.39, 0.29) is 5.54 Å². The largest absolute Gasteiger partial charge is 0.379 e. The predicted octanol–water partition coefficient (Wildman–Crippen LogP) is 1.61. The van der Waals surface area contributed by atoms with Gasteiger partial charge in [-0.25, -0.2) is 0 Å². The minimum atomic E-state index is -0.113. The van der Waals surface area contributed by atoms with Gasteiger partial charge in [-0.3, -0.25) is 9.69 Å². The van der Waals surface area contributed by atoms with Crippen molar-refractivity contribution in [2.24, 2.45) is 0 Å². The Hall–Kier alpha value is -0.410. The highest BCUT2D eigenvalue weighted by Crippen LogP contribution is 2.37. The zero-order chi connectivity index (χ0) is 10.7. The van der Waals surface area contributed by atoms with Crippen LogP contribution in [0.25, 0.3) is 0 Å². The monoisotopic (exact) mass is 211 g/mol. The van der Waals surface area contributed by atoms with Gasteiger partial charge in [-0.05, 0) is 12.8 Å². The molecule has 1 aliphatic carbocycles. The van der Waals surface area contributed by atoms with Crippen molar-refractivity contribution >= 4 is 5.78 Å². The maximum Gasteiger partial charge on any atom is 0.152 e. The number of nitrogens with zero attached hydrogens (tertiary/aromatic N) is 1. The van der Waals surface area contributed by atoms with Crippen LogP contribution in [-0.2, 0) is 9.53 Å². The summed E-state index contributed by atoms with van der Waals surface area (Å²) in [5.41, 5.74) is -0.113. The lowest BCUT2D eigenvalue weighted by molar-refractivity contribution is -0.134. The molecule has 2 fully saturated rings. The predicted molar refractivity (Wildman–Crippen MR) is 58.9 cm³/mol. The van der Waals surface area contributed by atoms with E-state index in [1.807, 2.05) is 6.92 Å². The summed E-state index contributed by atoms with van der Waals surface area (Å²) in [4.78, 5) is 14.5. The molecular formula is C12H21NO2. The van der Waals surface area contributed by atoms with E-state index in [4.69, 9.17) is 4.74 Å². The lowest BCUT2D eigenvalue weighted by Crippen LogP contribution is -2.56. The highest BCUT2D eigenvalue weighted by Gasteiger charge is 2.44. The highest BCUT2D eigenvalue weighted by atomic mass is 16.5. The van der Waals surface area contributed by atoms with Crippen molar-refractivity contribution in [2.75, 3.05) is 26.3 Å². The minimum absolute atomic E-state index is 0.113. The molecule has 0 spiro atoms. The Morgan fingerprint density at radius 1 is 1.27 bits per heavy atom. The molecule has 86 valence electrons. The molecule has 0 amide bonds. The summed E-state index contributed by atoms with van der Waals surface area (Å²) in [6, 6.07) is 0. The molecule has 1 heterocycles. The molecule has 0 bridgehead atoms. The SMILES string of the molecule is CCC(=O)C1(N2CCOCC2)CCCC1. The van der Waals surface area contributed by atoms with Gasteiger partial charge in [-0.15, -0.1) is 0 Å². The molecule has 0 aromatic rings. The third-order valence-corrected chi connectivity index (χ3v) is 3.89. The van der Waals surface area contributed by atoms with Gasteiger partial charge in [0.2, 0.25) is 0 Å². The van der Waals surface area contributed by atoms with E-state index in [1.54, 1.807) is 0 Å². The molecule has 3 heteroatoms. The van der Waals surface area contributed by atoms with Crippen molar-refractivity contribution in [2.45, 2.75) is 44.6 Å². The Morgan fingerprint density at radius 3 is 2.40 bits per heavy atom. The second kappa shape index (κ2) is 4.62. The fraction of sp³-hybridized carbons (Fsp3) is 0.917. The summed E-state index contributed by atoms with van der Waals surface area (Å²) >= 11 is 0. The number of hydrogen-bond donors (Lipinski definition) is 0. The first-order chi connectivity index (χ1) is 7.29. The van der Waals surface area contributed by atoms with Crippen molar-refractivity contribution in [3.05, 3.63) is 0 Å². The van der Waals surface area contributed by atoms with Crippen LogP contribution >= 0.6 is 0 Å². The molecule has 2 rings (SSSR count). The van der Waals surface area contributed by atoms with Gasteiger partial charge in [-0.2, -0.15) is 0 Å². The number of carbonyl (C=O) groups excluding carboxylic acids is 1. The van der Waals surface area contributed by atoms with Gasteiger partial charge in [0.25, 0.3) is 0 Å². The van der Waals surface area contributed by atoms with Crippen LogP contribution in [0.15, 0.2) is 0 Å². The number of hydrogen-bond acceptors (Lipinski definition) is 3. The van der Waals surface area contributed by atoms with E-state index in [9.17, 15) is 4.79 Å². The van der Waals surface area contributed by atoms with Gasteiger partial charge < -0.3 is 4.74 Å². The number of ketones is 1. The summed E-state index contributed by atoms with van der Waals surface area (Å²) in [6.07, 6.45) is 5.24. The van der Waals surface area contributed by atoms with E-state index >= 15 is 0 Å². The van der Waals surface area contributed by atoms with Crippen LogP contribution in [0, 0.1) is 0 Å². The molecule has 0 aromatic carbocycles. The Kier molecular flexibility index (Phi) is 3.42. The number of carbonyl (C=O) groups is 1. The third-order valence-electron chi connectivity index (χ3n) is 3.89. The van der Waals surface area contributed by atoms with Crippen molar-refractivity contribution in [1.82, 2.24) is 4.90 Å². The van der Waals surface area contributed by atoms with E-state index in [0.717, 1.165) is 39.1 Å². The van der Waals surface area contributed by atoms with Crippen LogP contribution in [0.1, 0.15) is 39.0 Å². The lowest BCUT2D eigenvalue weighted by Gasteiger charge is -2.42. The van der Waals surface area contributed by atoms with E-state index in [1.165, 1.54) is 12.8 Å². The molecule has 2 aliphatic rings. The molecule has 1 aliphatic heterocycles. The van der Waals surface area contributed by atoms with Crippen molar-refractivity contribution in [3.63, 3.8) is 0 Å². The molecule has 15 heavy (non-hydrogen) atoms. The summed E-state index contributed by atoms with van der Waals surface area (Å²) in [7, 11) is 0.